The summed E-state index contributed by atoms with van der Waals surface area (Å²) in [5.74, 6) is -3.66. The first-order chi connectivity index (χ1) is 17.6. The van der Waals surface area contributed by atoms with Crippen LogP contribution >= 0.6 is 0 Å². The molecule has 1 aliphatic rings. The van der Waals surface area contributed by atoms with Crippen LogP contribution in [-0.2, 0) is 24.0 Å². The summed E-state index contributed by atoms with van der Waals surface area (Å²) in [6.45, 7) is 1.77. The van der Waals surface area contributed by atoms with E-state index in [9.17, 15) is 34.2 Å². The van der Waals surface area contributed by atoms with Crippen molar-refractivity contribution in [3.05, 3.63) is 0 Å². The Kier molecular flexibility index (Phi) is 14.7. The zero-order valence-electron chi connectivity index (χ0n) is 21.5. The van der Waals surface area contributed by atoms with Crippen molar-refractivity contribution in [2.24, 2.45) is 17.2 Å². The molecule has 14 heteroatoms. The molecule has 1 saturated heterocycles. The number of amides is 4. The number of likely N-dealkylation sites (tertiary alicyclic amines) is 1. The number of aliphatic hydroxyl groups excluding tert-OH is 1. The van der Waals surface area contributed by atoms with Gasteiger partial charge in [0.05, 0.1) is 12.6 Å². The molecule has 37 heavy (non-hydrogen) atoms. The Bertz CT molecular complexity index is 781. The third-order valence-electron chi connectivity index (χ3n) is 6.19. The fourth-order valence-electron chi connectivity index (χ4n) is 4.04. The summed E-state index contributed by atoms with van der Waals surface area (Å²) in [5, 5.41) is 26.5. The molecular formula is C23H43N7O7. The minimum Gasteiger partial charge on any atom is -0.480 e. The Morgan fingerprint density at radius 2 is 1.46 bits per heavy atom. The molecule has 1 fully saturated rings. The van der Waals surface area contributed by atoms with Gasteiger partial charge in [0.1, 0.15) is 24.2 Å². The Balaban J connectivity index is 2.97. The quantitative estimate of drug-likeness (QED) is 0.0894. The molecule has 0 aliphatic carbocycles. The van der Waals surface area contributed by atoms with Crippen molar-refractivity contribution in [1.29, 1.82) is 0 Å². The van der Waals surface area contributed by atoms with Crippen molar-refractivity contribution in [3.8, 4) is 0 Å². The molecule has 14 nitrogen and oxygen atoms in total. The highest BCUT2D eigenvalue weighted by Gasteiger charge is 2.39. The van der Waals surface area contributed by atoms with E-state index in [0.29, 0.717) is 51.6 Å². The van der Waals surface area contributed by atoms with Gasteiger partial charge in [-0.25, -0.2) is 4.79 Å². The molecule has 0 aromatic carbocycles. The second-order valence-corrected chi connectivity index (χ2v) is 9.25. The van der Waals surface area contributed by atoms with Crippen LogP contribution in [0.15, 0.2) is 0 Å². The van der Waals surface area contributed by atoms with Gasteiger partial charge in [0.15, 0.2) is 0 Å². The Labute approximate surface area is 217 Å². The largest absolute Gasteiger partial charge is 0.480 e. The minimum absolute atomic E-state index is 0.215. The van der Waals surface area contributed by atoms with Crippen molar-refractivity contribution in [2.75, 3.05) is 26.2 Å². The summed E-state index contributed by atoms with van der Waals surface area (Å²) in [5.41, 5.74) is 16.5. The topological polar surface area (TPSA) is 243 Å². The fourth-order valence-corrected chi connectivity index (χ4v) is 4.04. The zero-order valence-corrected chi connectivity index (χ0v) is 21.5. The van der Waals surface area contributed by atoms with Crippen LogP contribution in [-0.4, -0.2) is 101 Å². The highest BCUT2D eigenvalue weighted by atomic mass is 16.4. The molecule has 1 aliphatic heterocycles. The number of carbonyl (C=O) groups excluding carboxylic acids is 4. The van der Waals surface area contributed by atoms with Crippen LogP contribution in [0.3, 0.4) is 0 Å². The van der Waals surface area contributed by atoms with E-state index in [-0.39, 0.29) is 19.4 Å². The van der Waals surface area contributed by atoms with E-state index >= 15 is 0 Å². The molecule has 0 spiro atoms. The van der Waals surface area contributed by atoms with Gasteiger partial charge in [-0.3, -0.25) is 19.2 Å². The summed E-state index contributed by atoms with van der Waals surface area (Å²) in [6.07, 6.45) is 3.57. The van der Waals surface area contributed by atoms with Crippen LogP contribution in [0.5, 0.6) is 0 Å². The van der Waals surface area contributed by atoms with Crippen LogP contribution in [0.2, 0.25) is 0 Å². The number of nitrogens with two attached hydrogens (primary N) is 3. The number of aliphatic hydroxyl groups is 1. The van der Waals surface area contributed by atoms with Gasteiger partial charge in [0.2, 0.25) is 23.6 Å². The van der Waals surface area contributed by atoms with Crippen LogP contribution < -0.4 is 33.2 Å². The molecule has 212 valence electrons. The van der Waals surface area contributed by atoms with E-state index in [1.54, 1.807) is 0 Å². The Morgan fingerprint density at radius 1 is 0.892 bits per heavy atom. The molecule has 0 unspecified atom stereocenters. The molecule has 1 heterocycles. The summed E-state index contributed by atoms with van der Waals surface area (Å²) >= 11 is 0. The zero-order chi connectivity index (χ0) is 28.0. The summed E-state index contributed by atoms with van der Waals surface area (Å²) in [4.78, 5) is 64.0. The van der Waals surface area contributed by atoms with Crippen LogP contribution in [0, 0.1) is 0 Å². The van der Waals surface area contributed by atoms with Gasteiger partial charge < -0.3 is 48.3 Å². The SMILES string of the molecule is C[C@H](N)C(=O)N[C@@H](CO)C(=O)N[C@@H](CCCCN)C(=O)N1CCC[C@H]1C(=O)N[C@@H](CCCCN)C(=O)O. The molecule has 0 radical (unpaired) electrons. The van der Waals surface area contributed by atoms with E-state index in [1.807, 2.05) is 0 Å². The monoisotopic (exact) mass is 529 g/mol. The smallest absolute Gasteiger partial charge is 0.326 e. The molecule has 0 saturated carbocycles. The third kappa shape index (κ3) is 10.6. The number of carboxylic acids is 1. The highest BCUT2D eigenvalue weighted by Crippen LogP contribution is 2.20. The average molecular weight is 530 g/mol. The fraction of sp³-hybridized carbons (Fsp3) is 0.783. The first kappa shape index (κ1) is 32.2. The molecule has 11 N–H and O–H groups in total. The van der Waals surface area contributed by atoms with Crippen LogP contribution in [0.1, 0.15) is 58.3 Å². The number of unbranched alkanes of at least 4 members (excludes halogenated alkanes) is 2. The van der Waals surface area contributed by atoms with Crippen molar-refractivity contribution in [3.63, 3.8) is 0 Å². The summed E-state index contributed by atoms with van der Waals surface area (Å²) in [7, 11) is 0. The second kappa shape index (κ2) is 16.8. The van der Waals surface area contributed by atoms with Gasteiger partial charge in [0.25, 0.3) is 0 Å². The predicted octanol–water partition coefficient (Wildman–Crippen LogP) is -2.89. The highest BCUT2D eigenvalue weighted by molar-refractivity contribution is 5.95. The van der Waals surface area contributed by atoms with Crippen molar-refractivity contribution in [2.45, 2.75) is 88.5 Å². The molecule has 5 atom stereocenters. The lowest BCUT2D eigenvalue weighted by Crippen LogP contribution is -2.58. The molecule has 0 bridgehead atoms. The number of rotatable bonds is 17. The van der Waals surface area contributed by atoms with Gasteiger partial charge >= 0.3 is 5.97 Å². The number of carboxylic acid groups (broad SMARTS) is 1. The van der Waals surface area contributed by atoms with Crippen molar-refractivity contribution < 1.29 is 34.2 Å². The number of hydrogen-bond donors (Lipinski definition) is 8. The lowest BCUT2D eigenvalue weighted by atomic mass is 10.1. The third-order valence-corrected chi connectivity index (χ3v) is 6.19. The van der Waals surface area contributed by atoms with Crippen LogP contribution in [0.4, 0.5) is 0 Å². The van der Waals surface area contributed by atoms with Crippen LogP contribution in [0.25, 0.3) is 0 Å². The molecule has 0 aromatic rings. The predicted molar refractivity (Wildman–Crippen MR) is 135 cm³/mol. The lowest BCUT2D eigenvalue weighted by molar-refractivity contribution is -0.145. The molecular weight excluding hydrogens is 486 g/mol. The van der Waals surface area contributed by atoms with Crippen molar-refractivity contribution >= 4 is 29.6 Å². The molecule has 1 rings (SSSR count). The number of hydrogen-bond acceptors (Lipinski definition) is 9. The second-order valence-electron chi connectivity index (χ2n) is 9.25. The Hall–Kier alpha value is -2.81. The summed E-state index contributed by atoms with van der Waals surface area (Å²) in [6, 6.07) is -5.24. The number of nitrogens with one attached hydrogen (secondary N) is 3. The first-order valence-electron chi connectivity index (χ1n) is 12.8. The molecule has 4 amide bonds. The number of carbonyl (C=O) groups is 5. The number of aliphatic carboxylic acids is 1. The standard InChI is InChI=1S/C23H43N7O7/c1-14(26)19(32)29-17(13-31)20(33)27-15(7-2-4-10-24)22(35)30-12-6-9-18(30)21(34)28-16(23(36)37)8-3-5-11-25/h14-18,31H,2-13,24-26H2,1H3,(H,27,33)(H,28,34)(H,29,32)(H,36,37)/t14-,15-,16-,17-,18-/m0/s1. The van der Waals surface area contributed by atoms with Gasteiger partial charge in [-0.1, -0.05) is 0 Å². The van der Waals surface area contributed by atoms with Gasteiger partial charge in [-0.05, 0) is 71.4 Å². The van der Waals surface area contributed by atoms with Crippen molar-refractivity contribution in [1.82, 2.24) is 20.9 Å². The van der Waals surface area contributed by atoms with E-state index in [0.717, 1.165) is 0 Å². The van der Waals surface area contributed by atoms with Gasteiger partial charge in [-0.2, -0.15) is 0 Å². The molecule has 0 aromatic heterocycles. The van der Waals surface area contributed by atoms with Gasteiger partial charge in [-0.15, -0.1) is 0 Å². The average Bonchev–Trinajstić information content (AvgIpc) is 3.35. The van der Waals surface area contributed by atoms with E-state index in [4.69, 9.17) is 17.2 Å². The normalized spacial score (nSPS) is 18.4. The maximum atomic E-state index is 13.5. The Morgan fingerprint density at radius 3 is 1.97 bits per heavy atom. The summed E-state index contributed by atoms with van der Waals surface area (Å²) < 4.78 is 0. The van der Waals surface area contributed by atoms with E-state index in [2.05, 4.69) is 16.0 Å². The lowest BCUT2D eigenvalue weighted by Gasteiger charge is -2.30. The maximum Gasteiger partial charge on any atom is 0.326 e. The van der Waals surface area contributed by atoms with Gasteiger partial charge in [0, 0.05) is 6.54 Å². The maximum absolute atomic E-state index is 13.5. The van der Waals surface area contributed by atoms with E-state index in [1.165, 1.54) is 11.8 Å². The first-order valence-corrected chi connectivity index (χ1v) is 12.8. The minimum atomic E-state index is -1.31. The van der Waals surface area contributed by atoms with E-state index < -0.39 is 66.4 Å². The number of nitrogens with zero attached hydrogens (tertiary/aromatic N) is 1.